The van der Waals surface area contributed by atoms with Crippen LogP contribution in [0.25, 0.3) is 0 Å². The lowest BCUT2D eigenvalue weighted by Crippen LogP contribution is -2.24. The van der Waals surface area contributed by atoms with E-state index in [-0.39, 0.29) is 6.04 Å². The van der Waals surface area contributed by atoms with E-state index in [9.17, 15) is 0 Å². The van der Waals surface area contributed by atoms with Gasteiger partial charge in [-0.1, -0.05) is 30.7 Å². The molecule has 3 N–H and O–H groups in total. The van der Waals surface area contributed by atoms with E-state index in [1.165, 1.54) is 5.56 Å². The minimum atomic E-state index is 0.0783. The molecule has 1 aromatic carbocycles. The van der Waals surface area contributed by atoms with Crippen molar-refractivity contribution in [2.24, 2.45) is 0 Å². The Bertz CT molecular complexity index is 587. The van der Waals surface area contributed by atoms with Gasteiger partial charge in [0.05, 0.1) is 12.1 Å². The van der Waals surface area contributed by atoms with E-state index in [1.807, 2.05) is 18.2 Å². The van der Waals surface area contributed by atoms with Crippen LogP contribution < -0.4 is 15.8 Å². The maximum atomic E-state index is 6.04. The van der Waals surface area contributed by atoms with Gasteiger partial charge in [-0.25, -0.2) is 4.98 Å². The number of pyridine rings is 1. The van der Waals surface area contributed by atoms with Crippen LogP contribution in [0, 0.1) is 0 Å². The first-order valence-corrected chi connectivity index (χ1v) is 7.29. The van der Waals surface area contributed by atoms with Gasteiger partial charge < -0.3 is 15.8 Å². The Labute approximate surface area is 130 Å². The second-order valence-electron chi connectivity index (χ2n) is 4.79. The molecule has 2 aromatic rings. The molecule has 112 valence electrons. The van der Waals surface area contributed by atoms with Crippen LogP contribution in [-0.4, -0.2) is 18.6 Å². The van der Waals surface area contributed by atoms with Crippen LogP contribution in [0.1, 0.15) is 24.1 Å². The molecule has 0 radical (unpaired) electrons. The molecule has 0 spiro atoms. The average Bonchev–Trinajstić information content (AvgIpc) is 2.50. The number of nitrogens with zero attached hydrogens (tertiary/aromatic N) is 1. The number of benzene rings is 1. The van der Waals surface area contributed by atoms with Crippen LogP contribution in [0.4, 0.5) is 5.82 Å². The lowest BCUT2D eigenvalue weighted by Gasteiger charge is -2.20. The summed E-state index contributed by atoms with van der Waals surface area (Å²) < 4.78 is 5.18. The lowest BCUT2D eigenvalue weighted by molar-refractivity contribution is 0.414. The Morgan fingerprint density at radius 1 is 1.33 bits per heavy atom. The highest BCUT2D eigenvalue weighted by Gasteiger charge is 2.15. The molecule has 5 heteroatoms. The summed E-state index contributed by atoms with van der Waals surface area (Å²) in [5.41, 5.74) is 8.12. The molecule has 1 heterocycles. The number of rotatable bonds is 6. The van der Waals surface area contributed by atoms with Gasteiger partial charge in [0.25, 0.3) is 0 Å². The molecule has 0 fully saturated rings. The Morgan fingerprint density at radius 2 is 2.05 bits per heavy atom. The standard InChI is InChI=1S/C16H20ClN3O/c1-3-19-15(14-9-12(17)10-20-16(14)18)8-11-4-6-13(21-2)7-5-11/h4-7,9-10,15,19H,3,8H2,1-2H3,(H2,18,20). The molecule has 0 saturated carbocycles. The van der Waals surface area contributed by atoms with E-state index in [1.54, 1.807) is 13.3 Å². The van der Waals surface area contributed by atoms with Gasteiger partial charge in [-0.15, -0.1) is 0 Å². The molecule has 0 saturated heterocycles. The molecule has 21 heavy (non-hydrogen) atoms. The minimum absolute atomic E-state index is 0.0783. The predicted molar refractivity (Wildman–Crippen MR) is 86.8 cm³/mol. The fourth-order valence-electron chi connectivity index (χ4n) is 2.28. The molecule has 0 bridgehead atoms. The molecule has 1 atom stereocenters. The highest BCUT2D eigenvalue weighted by molar-refractivity contribution is 6.30. The molecule has 1 unspecified atom stereocenters. The molecule has 0 aliphatic heterocycles. The summed E-state index contributed by atoms with van der Waals surface area (Å²) in [5, 5.41) is 4.03. The number of nitrogens with one attached hydrogen (secondary N) is 1. The molecule has 0 amide bonds. The summed E-state index contributed by atoms with van der Waals surface area (Å²) in [6, 6.07) is 9.97. The van der Waals surface area contributed by atoms with Crippen LogP contribution in [-0.2, 0) is 6.42 Å². The number of anilines is 1. The third-order valence-electron chi connectivity index (χ3n) is 3.34. The number of ether oxygens (including phenoxy) is 1. The second-order valence-corrected chi connectivity index (χ2v) is 5.23. The first-order valence-electron chi connectivity index (χ1n) is 6.91. The molecule has 0 aliphatic carbocycles. The summed E-state index contributed by atoms with van der Waals surface area (Å²) in [6.07, 6.45) is 2.38. The van der Waals surface area contributed by atoms with Crippen molar-refractivity contribution < 1.29 is 4.74 Å². The van der Waals surface area contributed by atoms with Gasteiger partial charge in [-0.3, -0.25) is 0 Å². The van der Waals surface area contributed by atoms with Crippen LogP contribution in [0.3, 0.4) is 0 Å². The van der Waals surface area contributed by atoms with E-state index < -0.39 is 0 Å². The Hall–Kier alpha value is -1.78. The lowest BCUT2D eigenvalue weighted by atomic mass is 9.99. The van der Waals surface area contributed by atoms with Gasteiger partial charge in [-0.05, 0) is 36.7 Å². The maximum absolute atomic E-state index is 6.04. The molecule has 0 aliphatic rings. The highest BCUT2D eigenvalue weighted by Crippen LogP contribution is 2.26. The van der Waals surface area contributed by atoms with Gasteiger partial charge in [0.2, 0.25) is 0 Å². The van der Waals surface area contributed by atoms with Crippen molar-refractivity contribution in [3.63, 3.8) is 0 Å². The minimum Gasteiger partial charge on any atom is -0.497 e. The Balaban J connectivity index is 2.23. The number of halogens is 1. The number of likely N-dealkylation sites (N-methyl/N-ethyl adjacent to an activating group) is 1. The molecular formula is C16H20ClN3O. The van der Waals surface area contributed by atoms with Crippen LogP contribution in [0.5, 0.6) is 5.75 Å². The zero-order chi connectivity index (χ0) is 15.2. The van der Waals surface area contributed by atoms with Crippen molar-refractivity contribution in [1.29, 1.82) is 0 Å². The zero-order valence-electron chi connectivity index (χ0n) is 12.3. The van der Waals surface area contributed by atoms with E-state index in [0.717, 1.165) is 24.3 Å². The number of aromatic nitrogens is 1. The van der Waals surface area contributed by atoms with Gasteiger partial charge in [0.1, 0.15) is 11.6 Å². The number of methoxy groups -OCH3 is 1. The predicted octanol–water partition coefficient (Wildman–Crippen LogP) is 3.22. The third kappa shape index (κ3) is 4.09. The zero-order valence-corrected chi connectivity index (χ0v) is 13.0. The van der Waals surface area contributed by atoms with E-state index >= 15 is 0 Å². The van der Waals surface area contributed by atoms with Crippen LogP contribution in [0.15, 0.2) is 36.5 Å². The van der Waals surface area contributed by atoms with Gasteiger partial charge >= 0.3 is 0 Å². The van der Waals surface area contributed by atoms with Gasteiger partial charge in [-0.2, -0.15) is 0 Å². The second kappa shape index (κ2) is 7.29. The van der Waals surface area contributed by atoms with E-state index in [2.05, 4.69) is 29.4 Å². The Morgan fingerprint density at radius 3 is 2.67 bits per heavy atom. The van der Waals surface area contributed by atoms with E-state index in [4.69, 9.17) is 22.1 Å². The third-order valence-corrected chi connectivity index (χ3v) is 3.55. The Kier molecular flexibility index (Phi) is 5.42. The number of hydrogen-bond donors (Lipinski definition) is 2. The number of nitrogens with two attached hydrogens (primary N) is 1. The monoisotopic (exact) mass is 305 g/mol. The van der Waals surface area contributed by atoms with E-state index in [0.29, 0.717) is 10.8 Å². The van der Waals surface area contributed by atoms with Crippen LogP contribution >= 0.6 is 11.6 Å². The normalized spacial score (nSPS) is 12.1. The number of nitrogen functional groups attached to an aromatic ring is 1. The smallest absolute Gasteiger partial charge is 0.128 e. The van der Waals surface area contributed by atoms with Gasteiger partial charge in [0, 0.05) is 17.8 Å². The summed E-state index contributed by atoms with van der Waals surface area (Å²) in [6.45, 7) is 2.90. The van der Waals surface area contributed by atoms with Crippen LogP contribution in [0.2, 0.25) is 5.02 Å². The van der Waals surface area contributed by atoms with Crippen molar-refractivity contribution in [3.8, 4) is 5.75 Å². The van der Waals surface area contributed by atoms with Gasteiger partial charge in [0.15, 0.2) is 0 Å². The molecule has 2 rings (SSSR count). The van der Waals surface area contributed by atoms with Crippen molar-refractivity contribution >= 4 is 17.4 Å². The summed E-state index contributed by atoms with van der Waals surface area (Å²) >= 11 is 6.04. The molecular weight excluding hydrogens is 286 g/mol. The average molecular weight is 306 g/mol. The largest absolute Gasteiger partial charge is 0.497 e. The van der Waals surface area contributed by atoms with Crippen molar-refractivity contribution in [1.82, 2.24) is 10.3 Å². The quantitative estimate of drug-likeness (QED) is 0.860. The first kappa shape index (κ1) is 15.6. The maximum Gasteiger partial charge on any atom is 0.128 e. The first-order chi connectivity index (χ1) is 10.1. The van der Waals surface area contributed by atoms with Crippen molar-refractivity contribution in [2.75, 3.05) is 19.4 Å². The summed E-state index contributed by atoms with van der Waals surface area (Å²) in [4.78, 5) is 4.14. The van der Waals surface area contributed by atoms with Crippen molar-refractivity contribution in [3.05, 3.63) is 52.7 Å². The highest BCUT2D eigenvalue weighted by atomic mass is 35.5. The SMILES string of the molecule is CCNC(Cc1ccc(OC)cc1)c1cc(Cl)cnc1N. The number of hydrogen-bond acceptors (Lipinski definition) is 4. The molecule has 4 nitrogen and oxygen atoms in total. The fourth-order valence-corrected chi connectivity index (χ4v) is 2.45. The molecule has 1 aromatic heterocycles. The van der Waals surface area contributed by atoms with Crippen molar-refractivity contribution in [2.45, 2.75) is 19.4 Å². The summed E-state index contributed by atoms with van der Waals surface area (Å²) in [5.74, 6) is 1.36. The topological polar surface area (TPSA) is 60.2 Å². The summed E-state index contributed by atoms with van der Waals surface area (Å²) in [7, 11) is 1.66. The fraction of sp³-hybridized carbons (Fsp3) is 0.312.